The monoisotopic (exact) mass is 341 g/mol. The van der Waals surface area contributed by atoms with E-state index in [1.807, 2.05) is 18.2 Å². The second-order valence-electron chi connectivity index (χ2n) is 4.45. The molecule has 0 fully saturated rings. The summed E-state index contributed by atoms with van der Waals surface area (Å²) in [5, 5.41) is 0. The number of hydrogen-bond acceptors (Lipinski definition) is 2. The van der Waals surface area contributed by atoms with E-state index in [0.29, 0.717) is 17.7 Å². The van der Waals surface area contributed by atoms with Gasteiger partial charge in [-0.1, -0.05) is 22.0 Å². The summed E-state index contributed by atoms with van der Waals surface area (Å²) in [6.45, 7) is 0. The zero-order valence-electron chi connectivity index (χ0n) is 10.9. The lowest BCUT2D eigenvalue weighted by Crippen LogP contribution is -2.14. The van der Waals surface area contributed by atoms with E-state index in [9.17, 15) is 8.78 Å². The van der Waals surface area contributed by atoms with Gasteiger partial charge in [-0.15, -0.1) is 0 Å². The largest absolute Gasteiger partial charge is 0.497 e. The Morgan fingerprint density at radius 2 is 1.90 bits per heavy atom. The summed E-state index contributed by atoms with van der Waals surface area (Å²) >= 11 is 3.43. The van der Waals surface area contributed by atoms with E-state index in [2.05, 4.69) is 15.9 Å². The molecule has 0 bridgehead atoms. The molecule has 0 heterocycles. The van der Waals surface area contributed by atoms with Gasteiger partial charge in [0.05, 0.1) is 7.11 Å². The SMILES string of the molecule is COc1ccc(Br)c(C(N)Cc2ccc(F)c(F)c2)c1. The summed E-state index contributed by atoms with van der Waals surface area (Å²) in [5.74, 6) is -1.02. The van der Waals surface area contributed by atoms with Crippen molar-refractivity contribution in [3.8, 4) is 5.75 Å². The molecule has 1 atom stereocenters. The van der Waals surface area contributed by atoms with E-state index in [-0.39, 0.29) is 6.04 Å². The molecule has 5 heteroatoms. The van der Waals surface area contributed by atoms with E-state index < -0.39 is 11.6 Å². The highest BCUT2D eigenvalue weighted by Crippen LogP contribution is 2.28. The molecule has 0 aliphatic heterocycles. The van der Waals surface area contributed by atoms with Gasteiger partial charge in [-0.3, -0.25) is 0 Å². The highest BCUT2D eigenvalue weighted by molar-refractivity contribution is 9.10. The quantitative estimate of drug-likeness (QED) is 0.912. The maximum Gasteiger partial charge on any atom is 0.159 e. The Balaban J connectivity index is 2.23. The summed E-state index contributed by atoms with van der Waals surface area (Å²) in [5.41, 5.74) is 7.64. The summed E-state index contributed by atoms with van der Waals surface area (Å²) in [6, 6.07) is 8.96. The van der Waals surface area contributed by atoms with Crippen molar-refractivity contribution >= 4 is 15.9 Å². The second-order valence-corrected chi connectivity index (χ2v) is 5.30. The fourth-order valence-electron chi connectivity index (χ4n) is 1.96. The molecule has 106 valence electrons. The number of methoxy groups -OCH3 is 1. The Labute approximate surface area is 124 Å². The molecule has 2 N–H and O–H groups in total. The summed E-state index contributed by atoms with van der Waals surface area (Å²) in [7, 11) is 1.58. The lowest BCUT2D eigenvalue weighted by atomic mass is 9.99. The molecule has 0 spiro atoms. The molecule has 2 aromatic carbocycles. The topological polar surface area (TPSA) is 35.2 Å². The maximum absolute atomic E-state index is 13.2. The molecule has 0 saturated heterocycles. The lowest BCUT2D eigenvalue weighted by molar-refractivity contribution is 0.413. The first-order valence-electron chi connectivity index (χ1n) is 6.04. The highest BCUT2D eigenvalue weighted by Gasteiger charge is 2.13. The van der Waals surface area contributed by atoms with Crippen LogP contribution >= 0.6 is 15.9 Å². The van der Waals surface area contributed by atoms with Crippen LogP contribution in [0.4, 0.5) is 8.78 Å². The third-order valence-corrected chi connectivity index (χ3v) is 3.76. The first-order chi connectivity index (χ1) is 9.51. The van der Waals surface area contributed by atoms with Crippen LogP contribution in [0, 0.1) is 11.6 Å². The Bertz CT molecular complexity index is 619. The van der Waals surface area contributed by atoms with Gasteiger partial charge in [-0.25, -0.2) is 8.78 Å². The number of nitrogens with two attached hydrogens (primary N) is 1. The van der Waals surface area contributed by atoms with E-state index in [0.717, 1.165) is 16.1 Å². The molecule has 20 heavy (non-hydrogen) atoms. The van der Waals surface area contributed by atoms with Crippen molar-refractivity contribution < 1.29 is 13.5 Å². The van der Waals surface area contributed by atoms with Crippen LogP contribution in [-0.4, -0.2) is 7.11 Å². The highest BCUT2D eigenvalue weighted by atomic mass is 79.9. The van der Waals surface area contributed by atoms with Crippen molar-refractivity contribution in [1.29, 1.82) is 0 Å². The smallest absolute Gasteiger partial charge is 0.159 e. The molecular weight excluding hydrogens is 328 g/mol. The normalized spacial score (nSPS) is 12.2. The van der Waals surface area contributed by atoms with Crippen molar-refractivity contribution in [2.24, 2.45) is 5.73 Å². The average molecular weight is 342 g/mol. The van der Waals surface area contributed by atoms with Crippen LogP contribution in [0.25, 0.3) is 0 Å². The van der Waals surface area contributed by atoms with Gasteiger partial charge in [-0.2, -0.15) is 0 Å². The van der Waals surface area contributed by atoms with Crippen LogP contribution in [0.2, 0.25) is 0 Å². The minimum atomic E-state index is -0.862. The summed E-state index contributed by atoms with van der Waals surface area (Å²) in [6.07, 6.45) is 0.406. The first-order valence-corrected chi connectivity index (χ1v) is 6.83. The predicted octanol–water partition coefficient (Wildman–Crippen LogP) is 3.98. The average Bonchev–Trinajstić information content (AvgIpc) is 2.43. The number of halogens is 3. The van der Waals surface area contributed by atoms with Crippen LogP contribution in [-0.2, 0) is 6.42 Å². The van der Waals surface area contributed by atoms with E-state index in [1.54, 1.807) is 7.11 Å². The zero-order chi connectivity index (χ0) is 14.7. The molecule has 0 saturated carbocycles. The molecule has 0 radical (unpaired) electrons. The minimum absolute atomic E-state index is 0.343. The Morgan fingerprint density at radius 3 is 2.55 bits per heavy atom. The van der Waals surface area contributed by atoms with Crippen LogP contribution in [0.1, 0.15) is 17.2 Å². The predicted molar refractivity (Wildman–Crippen MR) is 77.7 cm³/mol. The zero-order valence-corrected chi connectivity index (χ0v) is 12.5. The van der Waals surface area contributed by atoms with Gasteiger partial charge in [-0.05, 0) is 47.9 Å². The lowest BCUT2D eigenvalue weighted by Gasteiger charge is -2.15. The van der Waals surface area contributed by atoms with Crippen molar-refractivity contribution in [1.82, 2.24) is 0 Å². The van der Waals surface area contributed by atoms with Crippen molar-refractivity contribution in [3.05, 3.63) is 63.6 Å². The summed E-state index contributed by atoms with van der Waals surface area (Å²) < 4.78 is 32.1. The van der Waals surface area contributed by atoms with Gasteiger partial charge in [0.15, 0.2) is 11.6 Å². The van der Waals surface area contributed by atoms with Crippen molar-refractivity contribution in [3.63, 3.8) is 0 Å². The minimum Gasteiger partial charge on any atom is -0.497 e. The number of benzene rings is 2. The molecule has 2 aromatic rings. The van der Waals surface area contributed by atoms with Crippen LogP contribution in [0.15, 0.2) is 40.9 Å². The Hall–Kier alpha value is -1.46. The molecule has 0 amide bonds. The van der Waals surface area contributed by atoms with Gasteiger partial charge in [0.25, 0.3) is 0 Å². The number of rotatable bonds is 4. The standard InChI is InChI=1S/C15H14BrF2NO/c1-20-10-3-4-12(16)11(8-10)15(19)7-9-2-5-13(17)14(18)6-9/h2-6,8,15H,7,19H2,1H3. The van der Waals surface area contributed by atoms with Crippen molar-refractivity contribution in [2.45, 2.75) is 12.5 Å². The maximum atomic E-state index is 13.2. The number of ether oxygens (including phenoxy) is 1. The third-order valence-electron chi connectivity index (χ3n) is 3.04. The Morgan fingerprint density at radius 1 is 1.15 bits per heavy atom. The molecule has 2 nitrogen and oxygen atoms in total. The van der Waals surface area contributed by atoms with Gasteiger partial charge in [0, 0.05) is 10.5 Å². The molecule has 0 aliphatic carbocycles. The first kappa shape index (κ1) is 14.9. The summed E-state index contributed by atoms with van der Waals surface area (Å²) in [4.78, 5) is 0. The number of hydrogen-bond donors (Lipinski definition) is 1. The van der Waals surface area contributed by atoms with Crippen LogP contribution < -0.4 is 10.5 Å². The van der Waals surface area contributed by atoms with E-state index >= 15 is 0 Å². The fraction of sp³-hybridized carbons (Fsp3) is 0.200. The molecular formula is C15H14BrF2NO. The second kappa shape index (κ2) is 6.33. The van der Waals surface area contributed by atoms with E-state index in [1.165, 1.54) is 12.1 Å². The van der Waals surface area contributed by atoms with Crippen LogP contribution in [0.3, 0.4) is 0 Å². The van der Waals surface area contributed by atoms with Gasteiger partial charge >= 0.3 is 0 Å². The van der Waals surface area contributed by atoms with Gasteiger partial charge in [0.1, 0.15) is 5.75 Å². The molecule has 0 aliphatic rings. The van der Waals surface area contributed by atoms with Gasteiger partial charge in [0.2, 0.25) is 0 Å². The molecule has 0 aromatic heterocycles. The van der Waals surface area contributed by atoms with Gasteiger partial charge < -0.3 is 10.5 Å². The Kier molecular flexibility index (Phi) is 4.73. The van der Waals surface area contributed by atoms with E-state index in [4.69, 9.17) is 10.5 Å². The third kappa shape index (κ3) is 3.35. The van der Waals surface area contributed by atoms with Crippen molar-refractivity contribution in [2.75, 3.05) is 7.11 Å². The van der Waals surface area contributed by atoms with Crippen LogP contribution in [0.5, 0.6) is 5.75 Å². The fourth-order valence-corrected chi connectivity index (χ4v) is 2.50. The molecule has 2 rings (SSSR count). The molecule has 1 unspecified atom stereocenters.